The predicted octanol–water partition coefficient (Wildman–Crippen LogP) is 1.64. The van der Waals surface area contributed by atoms with Crippen LogP contribution in [0.15, 0.2) is 12.1 Å². The second-order valence-corrected chi connectivity index (χ2v) is 2.71. The van der Waals surface area contributed by atoms with Crippen molar-refractivity contribution < 1.29 is 23.5 Å². The van der Waals surface area contributed by atoms with Gasteiger partial charge in [0.25, 0.3) is 0 Å². The molecular formula is C10H7F2NO3. The van der Waals surface area contributed by atoms with E-state index in [1.807, 2.05) is 5.48 Å². The third-order valence-electron chi connectivity index (χ3n) is 1.62. The molecule has 0 fully saturated rings. The molecule has 84 valence electrons. The zero-order valence-electron chi connectivity index (χ0n) is 7.96. The Morgan fingerprint density at radius 1 is 1.50 bits per heavy atom. The molecule has 0 heterocycles. The summed E-state index contributed by atoms with van der Waals surface area (Å²) >= 11 is 0. The minimum atomic E-state index is -1.42. The van der Waals surface area contributed by atoms with Crippen LogP contribution >= 0.6 is 0 Å². The third kappa shape index (κ3) is 2.68. The maximum Gasteiger partial charge on any atom is 0.335 e. The Balaban J connectivity index is 2.95. The summed E-state index contributed by atoms with van der Waals surface area (Å²) in [5.41, 5.74) is 0.891. The van der Waals surface area contributed by atoms with Crippen molar-refractivity contribution in [1.82, 2.24) is 0 Å². The van der Waals surface area contributed by atoms with Crippen molar-refractivity contribution in [3.8, 4) is 12.3 Å². The summed E-state index contributed by atoms with van der Waals surface area (Å²) < 4.78 is 26.4. The Morgan fingerprint density at radius 2 is 2.06 bits per heavy atom. The molecule has 0 aromatic heterocycles. The van der Waals surface area contributed by atoms with Crippen LogP contribution in [0, 0.1) is 24.0 Å². The molecule has 16 heavy (non-hydrogen) atoms. The summed E-state index contributed by atoms with van der Waals surface area (Å²) in [5, 5.41) is 8.53. The number of terminal acetylenes is 1. The van der Waals surface area contributed by atoms with Gasteiger partial charge in [0.2, 0.25) is 0 Å². The van der Waals surface area contributed by atoms with Crippen molar-refractivity contribution in [2.75, 3.05) is 12.1 Å². The Labute approximate surface area is 89.8 Å². The van der Waals surface area contributed by atoms with Gasteiger partial charge in [0.15, 0.2) is 11.6 Å². The fraction of sp³-hybridized carbons (Fsp3) is 0.100. The van der Waals surface area contributed by atoms with Gasteiger partial charge in [0.1, 0.15) is 12.3 Å². The highest BCUT2D eigenvalue weighted by Crippen LogP contribution is 2.20. The number of hydrogen-bond donors (Lipinski definition) is 2. The van der Waals surface area contributed by atoms with Gasteiger partial charge in [-0.1, -0.05) is 5.92 Å². The van der Waals surface area contributed by atoms with E-state index in [2.05, 4.69) is 10.8 Å². The first-order valence-electron chi connectivity index (χ1n) is 4.10. The van der Waals surface area contributed by atoms with Crippen molar-refractivity contribution in [3.63, 3.8) is 0 Å². The van der Waals surface area contributed by atoms with Crippen molar-refractivity contribution in [2.24, 2.45) is 0 Å². The van der Waals surface area contributed by atoms with Gasteiger partial charge in [-0.15, -0.1) is 6.42 Å². The highest BCUT2D eigenvalue weighted by Gasteiger charge is 2.14. The van der Waals surface area contributed by atoms with Gasteiger partial charge in [0.05, 0.1) is 5.56 Å². The fourth-order valence-corrected chi connectivity index (χ4v) is 0.944. The van der Waals surface area contributed by atoms with Crippen molar-refractivity contribution in [2.45, 2.75) is 0 Å². The molecule has 0 amide bonds. The van der Waals surface area contributed by atoms with E-state index in [1.54, 1.807) is 0 Å². The van der Waals surface area contributed by atoms with E-state index in [0.717, 1.165) is 0 Å². The van der Waals surface area contributed by atoms with Crippen LogP contribution in [0.5, 0.6) is 0 Å². The van der Waals surface area contributed by atoms with Crippen LogP contribution in [-0.2, 0) is 4.84 Å². The maximum atomic E-state index is 13.2. The molecule has 0 bridgehead atoms. The lowest BCUT2D eigenvalue weighted by Crippen LogP contribution is -2.07. The Hall–Kier alpha value is -2.13. The molecule has 0 aliphatic rings. The largest absolute Gasteiger partial charge is 0.478 e. The first-order valence-corrected chi connectivity index (χ1v) is 4.10. The first kappa shape index (κ1) is 11.9. The number of carbonyl (C=O) groups is 1. The average molecular weight is 227 g/mol. The van der Waals surface area contributed by atoms with Crippen LogP contribution in [0.25, 0.3) is 0 Å². The SMILES string of the molecule is C#CCONc1c(F)cc(C(=O)O)cc1F. The van der Waals surface area contributed by atoms with E-state index in [9.17, 15) is 13.6 Å². The van der Waals surface area contributed by atoms with E-state index in [0.29, 0.717) is 12.1 Å². The van der Waals surface area contributed by atoms with Gasteiger partial charge in [0, 0.05) is 0 Å². The first-order chi connectivity index (χ1) is 7.56. The molecule has 4 nitrogen and oxygen atoms in total. The molecule has 0 aliphatic carbocycles. The molecular weight excluding hydrogens is 220 g/mol. The topological polar surface area (TPSA) is 58.6 Å². The van der Waals surface area contributed by atoms with Crippen LogP contribution in [0.2, 0.25) is 0 Å². The molecule has 1 rings (SSSR count). The van der Waals surface area contributed by atoms with Gasteiger partial charge in [-0.2, -0.15) is 0 Å². The van der Waals surface area contributed by atoms with E-state index in [4.69, 9.17) is 11.5 Å². The summed E-state index contributed by atoms with van der Waals surface area (Å²) in [6.07, 6.45) is 4.85. The van der Waals surface area contributed by atoms with Crippen molar-refractivity contribution in [1.29, 1.82) is 0 Å². The molecule has 0 unspecified atom stereocenters. The Kier molecular flexibility index (Phi) is 3.80. The minimum Gasteiger partial charge on any atom is -0.478 e. The minimum absolute atomic E-state index is 0.181. The summed E-state index contributed by atoms with van der Waals surface area (Å²) in [5.74, 6) is -1.49. The van der Waals surface area contributed by atoms with E-state index >= 15 is 0 Å². The summed E-state index contributed by atoms with van der Waals surface area (Å²) in [6.45, 7) is -0.181. The number of halogens is 2. The molecule has 0 spiro atoms. The van der Waals surface area contributed by atoms with Gasteiger partial charge < -0.3 is 5.11 Å². The van der Waals surface area contributed by atoms with E-state index in [1.165, 1.54) is 0 Å². The molecule has 2 N–H and O–H groups in total. The molecule has 1 aromatic carbocycles. The smallest absolute Gasteiger partial charge is 0.335 e. The third-order valence-corrected chi connectivity index (χ3v) is 1.62. The lowest BCUT2D eigenvalue weighted by atomic mass is 10.2. The summed E-state index contributed by atoms with van der Waals surface area (Å²) in [4.78, 5) is 15.0. The van der Waals surface area contributed by atoms with Crippen LogP contribution in [-0.4, -0.2) is 17.7 Å². The van der Waals surface area contributed by atoms with Crippen LogP contribution in [0.1, 0.15) is 10.4 Å². The summed E-state index contributed by atoms with van der Waals surface area (Å²) in [7, 11) is 0. The van der Waals surface area contributed by atoms with E-state index < -0.39 is 28.9 Å². The number of benzene rings is 1. The van der Waals surface area contributed by atoms with Gasteiger partial charge in [-0.25, -0.2) is 13.6 Å². The fourth-order valence-electron chi connectivity index (χ4n) is 0.944. The number of anilines is 1. The van der Waals surface area contributed by atoms with Crippen molar-refractivity contribution >= 4 is 11.7 Å². The molecule has 0 radical (unpaired) electrons. The van der Waals surface area contributed by atoms with Crippen LogP contribution in [0.4, 0.5) is 14.5 Å². The monoisotopic (exact) mass is 227 g/mol. The van der Waals surface area contributed by atoms with Gasteiger partial charge >= 0.3 is 5.97 Å². The molecule has 0 saturated carbocycles. The van der Waals surface area contributed by atoms with Crippen LogP contribution in [0.3, 0.4) is 0 Å². The zero-order valence-corrected chi connectivity index (χ0v) is 7.96. The van der Waals surface area contributed by atoms with Crippen LogP contribution < -0.4 is 5.48 Å². The maximum absolute atomic E-state index is 13.2. The lowest BCUT2D eigenvalue weighted by Gasteiger charge is -2.07. The van der Waals surface area contributed by atoms with Gasteiger partial charge in [-0.3, -0.25) is 10.3 Å². The normalized spacial score (nSPS) is 9.56. The number of aromatic carboxylic acids is 1. The lowest BCUT2D eigenvalue weighted by molar-refractivity contribution is 0.0695. The van der Waals surface area contributed by atoms with E-state index in [-0.39, 0.29) is 6.61 Å². The second-order valence-electron chi connectivity index (χ2n) is 2.71. The highest BCUT2D eigenvalue weighted by atomic mass is 19.1. The zero-order chi connectivity index (χ0) is 12.1. The standard InChI is InChI=1S/C10H7F2NO3/c1-2-3-16-13-9-7(11)4-6(10(14)15)5-8(9)12/h1,4-5,13H,3H2,(H,14,15). The van der Waals surface area contributed by atoms with Gasteiger partial charge in [-0.05, 0) is 12.1 Å². The number of carboxylic acid groups (broad SMARTS) is 1. The Morgan fingerprint density at radius 3 is 2.50 bits per heavy atom. The Bertz CT molecular complexity index is 431. The number of carboxylic acids is 1. The molecule has 0 atom stereocenters. The molecule has 0 aliphatic heterocycles. The number of nitrogens with one attached hydrogen (secondary N) is 1. The second kappa shape index (κ2) is 5.09. The quantitative estimate of drug-likeness (QED) is 0.466. The predicted molar refractivity (Wildman–Crippen MR) is 51.7 cm³/mol. The number of hydrogen-bond acceptors (Lipinski definition) is 3. The molecule has 6 heteroatoms. The van der Waals surface area contributed by atoms with Crippen molar-refractivity contribution in [3.05, 3.63) is 29.3 Å². The number of rotatable bonds is 4. The highest BCUT2D eigenvalue weighted by molar-refractivity contribution is 5.88. The summed E-state index contributed by atoms with van der Waals surface area (Å²) in [6, 6.07) is 1.35. The molecule has 0 saturated heterocycles. The average Bonchev–Trinajstić information content (AvgIpc) is 2.21. The molecule has 1 aromatic rings.